The number of hydrogen-bond donors (Lipinski definition) is 0. The maximum Gasteiger partial charge on any atom is 0.263 e. The fourth-order valence-corrected chi connectivity index (χ4v) is 8.90. The molecular formula is C40H45Br2NO4. The fraction of sp³-hybridized carbons (Fsp3) is 0.450. The molecule has 2 amide bonds. The second-order valence-corrected chi connectivity index (χ2v) is 16.5. The number of Topliss-reactive ketones (excluding diaryl/α,β-unsaturated/α-hetero) is 2. The number of halogens is 2. The number of amides is 2. The highest BCUT2D eigenvalue weighted by Crippen LogP contribution is 2.66. The lowest BCUT2D eigenvalue weighted by atomic mass is 9.70. The van der Waals surface area contributed by atoms with Gasteiger partial charge in [0, 0.05) is 28.3 Å². The number of hydrogen-bond acceptors (Lipinski definition) is 4. The number of aryl methyl sites for hydroxylation is 1. The van der Waals surface area contributed by atoms with Crippen molar-refractivity contribution in [1.29, 1.82) is 0 Å². The van der Waals surface area contributed by atoms with Gasteiger partial charge in [-0.3, -0.25) is 19.2 Å². The van der Waals surface area contributed by atoms with Gasteiger partial charge in [0.25, 0.3) is 11.8 Å². The third-order valence-corrected chi connectivity index (χ3v) is 13.7. The minimum atomic E-state index is -0.324. The summed E-state index contributed by atoms with van der Waals surface area (Å²) in [5.41, 5.74) is 6.84. The van der Waals surface area contributed by atoms with E-state index in [1.54, 1.807) is 0 Å². The van der Waals surface area contributed by atoms with Gasteiger partial charge < -0.3 is 0 Å². The van der Waals surface area contributed by atoms with Crippen LogP contribution < -0.4 is 0 Å². The van der Waals surface area contributed by atoms with Gasteiger partial charge in [0.15, 0.2) is 11.6 Å². The summed E-state index contributed by atoms with van der Waals surface area (Å²) < 4.78 is 0.868. The first-order valence-electron chi connectivity index (χ1n) is 16.4. The molecule has 0 aromatic heterocycles. The Bertz CT molecular complexity index is 1680. The van der Waals surface area contributed by atoms with E-state index in [1.807, 2.05) is 0 Å². The Balaban J connectivity index is 0.000000150. The van der Waals surface area contributed by atoms with Crippen LogP contribution in [0.2, 0.25) is 0 Å². The first-order valence-corrected chi connectivity index (χ1v) is 18.3. The molecule has 47 heavy (non-hydrogen) atoms. The topological polar surface area (TPSA) is 71.5 Å². The van der Waals surface area contributed by atoms with Gasteiger partial charge in [-0.25, -0.2) is 3.93 Å². The van der Waals surface area contributed by atoms with Crippen LogP contribution in [0.15, 0.2) is 71.8 Å². The molecule has 0 radical (unpaired) electrons. The van der Waals surface area contributed by atoms with Crippen LogP contribution >= 0.6 is 32.1 Å². The van der Waals surface area contributed by atoms with E-state index in [4.69, 9.17) is 0 Å². The molecular weight excluding hydrogens is 718 g/mol. The quantitative estimate of drug-likeness (QED) is 0.135. The first kappa shape index (κ1) is 35.4. The Morgan fingerprint density at radius 2 is 1.06 bits per heavy atom. The Hall–Kier alpha value is -2.90. The van der Waals surface area contributed by atoms with E-state index in [0.717, 1.165) is 57.2 Å². The molecule has 1 aliphatic heterocycles. The molecule has 2 aromatic carbocycles. The SMILES string of the molecule is CC12CCC(/C(=C/c3ccc(CBr)cc3)C1=O)C2(C)C.Cc1ccc(/C=C2\C(=O)C3(C)CCC2C3(C)C)cc1.O=C1C=CC(=O)N1Br. The van der Waals surface area contributed by atoms with Gasteiger partial charge in [-0.2, -0.15) is 0 Å². The van der Waals surface area contributed by atoms with Crippen LogP contribution in [0.3, 0.4) is 0 Å². The number of fused-ring (bicyclic) bond motifs is 4. The zero-order chi connectivity index (χ0) is 34.5. The minimum Gasteiger partial charge on any atom is -0.294 e. The van der Waals surface area contributed by atoms with Crippen LogP contribution in [0.1, 0.15) is 89.5 Å². The summed E-state index contributed by atoms with van der Waals surface area (Å²) in [5, 5.41) is 0.872. The molecule has 4 unspecified atom stereocenters. The van der Waals surface area contributed by atoms with Crippen molar-refractivity contribution in [2.75, 3.05) is 0 Å². The zero-order valence-electron chi connectivity index (χ0n) is 28.5. The molecule has 4 fully saturated rings. The third kappa shape index (κ3) is 6.01. The lowest BCUT2D eigenvalue weighted by molar-refractivity contribution is -0.130. The number of rotatable bonds is 3. The predicted octanol–water partition coefficient (Wildman–Crippen LogP) is 9.62. The first-order chi connectivity index (χ1) is 22.0. The highest BCUT2D eigenvalue weighted by atomic mass is 79.9. The maximum atomic E-state index is 12.8. The monoisotopic (exact) mass is 761 g/mol. The van der Waals surface area contributed by atoms with Gasteiger partial charge in [0.1, 0.15) is 0 Å². The second-order valence-electron chi connectivity index (χ2n) is 15.2. The minimum absolute atomic E-state index is 0.103. The van der Waals surface area contributed by atoms with Crippen LogP contribution in [0.5, 0.6) is 0 Å². The van der Waals surface area contributed by atoms with Crippen molar-refractivity contribution in [3.8, 4) is 0 Å². The van der Waals surface area contributed by atoms with E-state index in [-0.39, 0.29) is 33.5 Å². The lowest BCUT2D eigenvalue weighted by Crippen LogP contribution is -2.32. The molecule has 0 saturated heterocycles. The lowest BCUT2D eigenvalue weighted by Gasteiger charge is -2.31. The average molecular weight is 764 g/mol. The summed E-state index contributed by atoms with van der Waals surface area (Å²) in [4.78, 5) is 46.2. The van der Waals surface area contributed by atoms with E-state index < -0.39 is 0 Å². The number of ketones is 2. The van der Waals surface area contributed by atoms with Crippen molar-refractivity contribution in [1.82, 2.24) is 3.93 Å². The molecule has 7 heteroatoms. The van der Waals surface area contributed by atoms with Crippen LogP contribution in [-0.2, 0) is 24.5 Å². The van der Waals surface area contributed by atoms with Gasteiger partial charge in [0.05, 0.1) is 16.1 Å². The maximum absolute atomic E-state index is 12.8. The fourth-order valence-electron chi connectivity index (χ4n) is 8.29. The van der Waals surface area contributed by atoms with Gasteiger partial charge in [0.2, 0.25) is 0 Å². The van der Waals surface area contributed by atoms with Gasteiger partial charge in [-0.05, 0) is 95.3 Å². The molecule has 4 atom stereocenters. The number of carbonyl (C=O) groups excluding carboxylic acids is 4. The van der Waals surface area contributed by atoms with Crippen molar-refractivity contribution in [2.24, 2.45) is 33.5 Å². The van der Waals surface area contributed by atoms with Crippen LogP contribution in [0.25, 0.3) is 12.2 Å². The average Bonchev–Trinajstić information content (AvgIpc) is 3.64. The Morgan fingerprint density at radius 1 is 0.681 bits per heavy atom. The molecule has 248 valence electrons. The predicted molar refractivity (Wildman–Crippen MR) is 195 cm³/mol. The van der Waals surface area contributed by atoms with E-state index in [0.29, 0.717) is 23.4 Å². The highest BCUT2D eigenvalue weighted by Gasteiger charge is 2.64. The van der Waals surface area contributed by atoms with Crippen molar-refractivity contribution in [2.45, 2.75) is 79.5 Å². The molecule has 0 spiro atoms. The molecule has 4 aliphatic carbocycles. The van der Waals surface area contributed by atoms with Gasteiger partial charge >= 0.3 is 0 Å². The second kappa shape index (κ2) is 12.9. The molecule has 7 rings (SSSR count). The summed E-state index contributed by atoms with van der Waals surface area (Å²) >= 11 is 6.20. The number of alkyl halides is 1. The summed E-state index contributed by atoms with van der Waals surface area (Å²) in [6, 6.07) is 16.9. The van der Waals surface area contributed by atoms with E-state index in [2.05, 4.69) is 141 Å². The van der Waals surface area contributed by atoms with E-state index in [9.17, 15) is 19.2 Å². The number of nitrogens with zero attached hydrogens (tertiary/aromatic N) is 1. The smallest absolute Gasteiger partial charge is 0.263 e. The van der Waals surface area contributed by atoms with Crippen LogP contribution in [0, 0.1) is 40.4 Å². The van der Waals surface area contributed by atoms with Crippen molar-refractivity contribution in [3.05, 3.63) is 94.1 Å². The Kier molecular flexibility index (Phi) is 9.68. The Morgan fingerprint density at radius 3 is 1.36 bits per heavy atom. The third-order valence-electron chi connectivity index (χ3n) is 12.3. The largest absolute Gasteiger partial charge is 0.294 e. The van der Waals surface area contributed by atoms with Crippen LogP contribution in [-0.4, -0.2) is 27.3 Å². The standard InChI is InChI=1S/C18H21BrO.C18H22O.C4H2BrNO2/c1-17(2)15-8-9-18(17,3)16(20)14(15)10-12-4-6-13(11-19)7-5-12;1-12-5-7-13(8-6-12)11-14-15-9-10-18(4,16(14)19)17(15,2)3;5-6-3(7)1-2-4(6)8/h4-7,10,15H,8-9,11H2,1-3H3;5-8,11,15H,9-10H2,1-4H3;1-2H/b14-10-;14-11-;. The number of imide groups is 1. The Labute approximate surface area is 296 Å². The molecule has 2 aromatic rings. The van der Waals surface area contributed by atoms with Crippen LogP contribution in [0.4, 0.5) is 0 Å². The van der Waals surface area contributed by atoms with E-state index >= 15 is 0 Å². The highest BCUT2D eigenvalue weighted by molar-refractivity contribution is 9.08. The molecule has 5 nitrogen and oxygen atoms in total. The molecule has 4 bridgehead atoms. The summed E-state index contributed by atoms with van der Waals surface area (Å²) in [6.07, 6.45) is 11.1. The number of carbonyl (C=O) groups is 4. The zero-order valence-corrected chi connectivity index (χ0v) is 31.6. The summed E-state index contributed by atoms with van der Waals surface area (Å²) in [5.74, 6) is 0.977. The van der Waals surface area contributed by atoms with Gasteiger partial charge in [-0.15, -0.1) is 0 Å². The molecule has 4 saturated carbocycles. The van der Waals surface area contributed by atoms with Gasteiger partial charge in [-0.1, -0.05) is 112 Å². The summed E-state index contributed by atoms with van der Waals surface area (Å²) in [6.45, 7) is 15.4. The molecule has 0 N–H and O–H groups in total. The van der Waals surface area contributed by atoms with E-state index in [1.165, 1.54) is 23.3 Å². The molecule has 1 heterocycles. The van der Waals surface area contributed by atoms with Crippen molar-refractivity contribution >= 4 is 67.6 Å². The van der Waals surface area contributed by atoms with Crippen molar-refractivity contribution in [3.63, 3.8) is 0 Å². The summed E-state index contributed by atoms with van der Waals surface area (Å²) in [7, 11) is 0. The number of benzene rings is 2. The molecule has 5 aliphatic rings. The number of allylic oxidation sites excluding steroid dienone is 2. The van der Waals surface area contributed by atoms with Crippen molar-refractivity contribution < 1.29 is 19.2 Å². The normalized spacial score (nSPS) is 31.0.